The molecule has 0 spiro atoms. The Bertz CT molecular complexity index is 1100. The number of hydrogen-bond donors (Lipinski definition) is 1. The zero-order valence-electron chi connectivity index (χ0n) is 16.3. The van der Waals surface area contributed by atoms with E-state index < -0.39 is 0 Å². The van der Waals surface area contributed by atoms with Gasteiger partial charge in [0.05, 0.1) is 0 Å². The summed E-state index contributed by atoms with van der Waals surface area (Å²) in [6.45, 7) is 10.5. The average Bonchev–Trinajstić information content (AvgIpc) is 2.98. The van der Waals surface area contributed by atoms with Gasteiger partial charge >= 0.3 is 0 Å². The molecule has 1 nitrogen and oxygen atoms in total. The number of nitrogens with one attached hydrogen (secondary N) is 1. The van der Waals surface area contributed by atoms with Crippen molar-refractivity contribution in [1.82, 2.24) is 4.98 Å². The Labute approximate surface area is 161 Å². The van der Waals surface area contributed by atoms with Crippen LogP contribution in [-0.2, 0) is 6.42 Å². The minimum absolute atomic E-state index is 0.921. The lowest BCUT2D eigenvalue weighted by Crippen LogP contribution is -1.90. The third kappa shape index (κ3) is 3.33. The number of aryl methyl sites for hydroxylation is 1. The smallest absolute Gasteiger partial charge is 0.0495 e. The first-order valence-electron chi connectivity index (χ1n) is 9.44. The number of rotatable bonds is 4. The van der Waals surface area contributed by atoms with Crippen LogP contribution >= 0.6 is 0 Å². The van der Waals surface area contributed by atoms with Crippen molar-refractivity contribution in [3.63, 3.8) is 0 Å². The van der Waals surface area contributed by atoms with Gasteiger partial charge in [-0.15, -0.1) is 0 Å². The number of benzene rings is 2. The molecule has 0 bridgehead atoms. The number of fused-ring (bicyclic) bond motifs is 1. The zero-order chi connectivity index (χ0) is 19.0. The van der Waals surface area contributed by atoms with Gasteiger partial charge in [-0.2, -0.15) is 0 Å². The molecule has 0 saturated carbocycles. The molecule has 2 aliphatic rings. The summed E-state index contributed by atoms with van der Waals surface area (Å²) in [6, 6.07) is 22.1. The molecule has 0 atom stereocenters. The number of H-pyrrole nitrogens is 1. The van der Waals surface area contributed by atoms with Gasteiger partial charge in [0.2, 0.25) is 0 Å². The van der Waals surface area contributed by atoms with Crippen LogP contribution in [0.1, 0.15) is 23.6 Å². The van der Waals surface area contributed by atoms with Gasteiger partial charge in [0.15, 0.2) is 0 Å². The first-order chi connectivity index (χ1) is 13.0. The van der Waals surface area contributed by atoms with Crippen LogP contribution in [-0.4, -0.2) is 4.98 Å². The molecule has 1 heterocycles. The highest BCUT2D eigenvalue weighted by Gasteiger charge is 2.18. The second-order valence-corrected chi connectivity index (χ2v) is 7.57. The first kappa shape index (κ1) is 17.4. The third-order valence-corrected chi connectivity index (χ3v) is 5.18. The molecule has 0 radical (unpaired) electrons. The number of aromatic nitrogens is 1. The molecule has 2 aromatic rings. The van der Waals surface area contributed by atoms with E-state index in [1.165, 1.54) is 55.8 Å². The predicted molar refractivity (Wildman–Crippen MR) is 116 cm³/mol. The molecule has 0 aromatic heterocycles. The van der Waals surface area contributed by atoms with Crippen molar-refractivity contribution in [2.24, 2.45) is 0 Å². The largest absolute Gasteiger partial charge is 0.361 e. The summed E-state index contributed by atoms with van der Waals surface area (Å²) in [5, 5.41) is 0. The van der Waals surface area contributed by atoms with Crippen LogP contribution in [0.25, 0.3) is 33.5 Å². The zero-order valence-corrected chi connectivity index (χ0v) is 16.3. The summed E-state index contributed by atoms with van der Waals surface area (Å²) in [7, 11) is 0. The van der Waals surface area contributed by atoms with Crippen molar-refractivity contribution in [2.75, 3.05) is 0 Å². The maximum absolute atomic E-state index is 4.05. The highest BCUT2D eigenvalue weighted by molar-refractivity contribution is 5.91. The summed E-state index contributed by atoms with van der Waals surface area (Å²) >= 11 is 0. The van der Waals surface area contributed by atoms with Gasteiger partial charge in [0, 0.05) is 17.5 Å². The Kier molecular flexibility index (Phi) is 4.45. The van der Waals surface area contributed by atoms with Gasteiger partial charge < -0.3 is 4.98 Å². The van der Waals surface area contributed by atoms with E-state index in [2.05, 4.69) is 99.2 Å². The van der Waals surface area contributed by atoms with Gasteiger partial charge in [-0.1, -0.05) is 66.2 Å². The van der Waals surface area contributed by atoms with Gasteiger partial charge in [0.25, 0.3) is 0 Å². The van der Waals surface area contributed by atoms with Crippen molar-refractivity contribution in [3.05, 3.63) is 95.7 Å². The highest BCUT2D eigenvalue weighted by atomic mass is 14.7. The van der Waals surface area contributed by atoms with Crippen molar-refractivity contribution in [2.45, 2.75) is 27.2 Å². The average molecular weight is 351 g/mol. The summed E-state index contributed by atoms with van der Waals surface area (Å²) in [5.74, 6) is 0. The van der Waals surface area contributed by atoms with Crippen LogP contribution in [0.2, 0.25) is 0 Å². The van der Waals surface area contributed by atoms with Gasteiger partial charge in [-0.05, 0) is 72.7 Å². The molecular formula is C26H25N. The third-order valence-electron chi connectivity index (χ3n) is 5.18. The fraction of sp³-hybridized carbons (Fsp3) is 0.154. The fourth-order valence-electron chi connectivity index (χ4n) is 3.92. The molecule has 1 heteroatoms. The van der Waals surface area contributed by atoms with Crippen molar-refractivity contribution in [3.8, 4) is 33.5 Å². The maximum Gasteiger partial charge on any atom is 0.0495 e. The van der Waals surface area contributed by atoms with Crippen LogP contribution in [0, 0.1) is 13.8 Å². The number of aromatic amines is 1. The second-order valence-electron chi connectivity index (χ2n) is 7.57. The minimum Gasteiger partial charge on any atom is -0.361 e. The second kappa shape index (κ2) is 6.92. The lowest BCUT2D eigenvalue weighted by Gasteiger charge is -2.11. The summed E-state index contributed by atoms with van der Waals surface area (Å²) < 4.78 is 0. The molecule has 0 saturated heterocycles. The number of pyridine rings is 1. The topological polar surface area (TPSA) is 15.8 Å². The molecule has 0 amide bonds. The number of hydrogen-bond acceptors (Lipinski definition) is 0. The molecule has 2 aromatic carbocycles. The van der Waals surface area contributed by atoms with Crippen LogP contribution in [0.5, 0.6) is 0 Å². The van der Waals surface area contributed by atoms with Gasteiger partial charge in [-0.3, -0.25) is 0 Å². The van der Waals surface area contributed by atoms with Crippen LogP contribution in [0.4, 0.5) is 0 Å². The van der Waals surface area contributed by atoms with E-state index in [1.807, 2.05) is 0 Å². The fourth-order valence-corrected chi connectivity index (χ4v) is 3.92. The van der Waals surface area contributed by atoms with E-state index in [4.69, 9.17) is 0 Å². The van der Waals surface area contributed by atoms with E-state index in [9.17, 15) is 0 Å². The molecule has 27 heavy (non-hydrogen) atoms. The van der Waals surface area contributed by atoms with Gasteiger partial charge in [-0.25, -0.2) is 0 Å². The van der Waals surface area contributed by atoms with E-state index in [1.54, 1.807) is 0 Å². The van der Waals surface area contributed by atoms with Gasteiger partial charge in [0.1, 0.15) is 0 Å². The molecular weight excluding hydrogens is 326 g/mol. The standard InChI is InChI=1S/C26H25N/c1-17(2)13-20-8-6-10-22(15-20)23-11-12-27-26-19(4)24(16-25(23)26)21-9-5-7-18(3)14-21/h5-12,14-16,27H,1,13H2,2-4H3. The Hall–Kier alpha value is -3.06. The Balaban J connectivity index is 1.86. The lowest BCUT2D eigenvalue weighted by molar-refractivity contribution is 1.16. The van der Waals surface area contributed by atoms with Crippen LogP contribution in [0.3, 0.4) is 0 Å². The molecule has 0 fully saturated rings. The molecule has 4 rings (SSSR count). The molecule has 1 N–H and O–H groups in total. The lowest BCUT2D eigenvalue weighted by atomic mass is 9.96. The molecule has 1 aliphatic heterocycles. The van der Waals surface area contributed by atoms with Crippen molar-refractivity contribution >= 4 is 0 Å². The monoisotopic (exact) mass is 351 g/mol. The predicted octanol–water partition coefficient (Wildman–Crippen LogP) is 7.19. The van der Waals surface area contributed by atoms with Crippen molar-refractivity contribution < 1.29 is 0 Å². The van der Waals surface area contributed by atoms with Crippen LogP contribution < -0.4 is 0 Å². The van der Waals surface area contributed by atoms with E-state index in [0.29, 0.717) is 0 Å². The van der Waals surface area contributed by atoms with E-state index in [0.717, 1.165) is 6.42 Å². The van der Waals surface area contributed by atoms with E-state index >= 15 is 0 Å². The maximum atomic E-state index is 4.05. The Morgan fingerprint density at radius 2 is 1.59 bits per heavy atom. The highest BCUT2D eigenvalue weighted by Crippen LogP contribution is 2.41. The summed E-state index contributed by atoms with van der Waals surface area (Å²) in [5.41, 5.74) is 12.7. The molecule has 0 unspecified atom stereocenters. The number of allylic oxidation sites excluding steroid dienone is 1. The molecule has 134 valence electrons. The minimum atomic E-state index is 0.921. The Morgan fingerprint density at radius 3 is 2.33 bits per heavy atom. The SMILES string of the molecule is C=C(C)Cc1cccc(-c2cc[nH]c3c(C)c(-c4cccc(C)c4)cc2-3)c1. The summed E-state index contributed by atoms with van der Waals surface area (Å²) in [6.07, 6.45) is 2.97. The van der Waals surface area contributed by atoms with Crippen LogP contribution in [0.15, 0.2) is 79.0 Å². The molecule has 1 aliphatic carbocycles. The quantitative estimate of drug-likeness (QED) is 0.374. The van der Waals surface area contributed by atoms with Crippen molar-refractivity contribution in [1.29, 1.82) is 0 Å². The Morgan fingerprint density at radius 1 is 0.852 bits per heavy atom. The first-order valence-corrected chi connectivity index (χ1v) is 9.44. The summed E-state index contributed by atoms with van der Waals surface area (Å²) in [4.78, 5) is 3.47. The normalized spacial score (nSPS) is 11.1. The van der Waals surface area contributed by atoms with E-state index in [-0.39, 0.29) is 0 Å².